The first-order valence-electron chi connectivity index (χ1n) is 14.0. The molecule has 0 aromatic heterocycles. The first-order chi connectivity index (χ1) is 20.2. The number of likely N-dealkylation sites (tertiary alicyclic amines) is 1. The SMILES string of the molecule is CC(C)(C)C(=O)C(C(=O)OCc1ccccc1)N1C(=O)[C@@H](N2C(=O)OC[C@@H]2c2ccccc2)[C@H]1/C=C/c1ccccc1. The van der Waals surface area contributed by atoms with Crippen LogP contribution in [-0.4, -0.2) is 58.3 Å². The van der Waals surface area contributed by atoms with Crippen LogP contribution in [0.25, 0.3) is 6.08 Å². The van der Waals surface area contributed by atoms with E-state index in [4.69, 9.17) is 9.47 Å². The molecule has 0 spiro atoms. The van der Waals surface area contributed by atoms with Crippen molar-refractivity contribution in [3.8, 4) is 0 Å². The number of carbonyl (C=O) groups excluding carboxylic acids is 4. The summed E-state index contributed by atoms with van der Waals surface area (Å²) in [5, 5.41) is 0. The average molecular weight is 567 g/mol. The molecule has 42 heavy (non-hydrogen) atoms. The van der Waals surface area contributed by atoms with Gasteiger partial charge in [0, 0.05) is 5.41 Å². The molecule has 2 saturated heterocycles. The lowest BCUT2D eigenvalue weighted by molar-refractivity contribution is -0.175. The first-order valence-corrected chi connectivity index (χ1v) is 14.0. The topological polar surface area (TPSA) is 93.2 Å². The highest BCUT2D eigenvalue weighted by Crippen LogP contribution is 2.39. The lowest BCUT2D eigenvalue weighted by Crippen LogP contribution is -2.75. The number of hydrogen-bond donors (Lipinski definition) is 0. The molecule has 0 aliphatic carbocycles. The number of Topliss-reactive ketones (excluding diaryl/α,β-unsaturated/α-hetero) is 1. The summed E-state index contributed by atoms with van der Waals surface area (Å²) < 4.78 is 11.0. The van der Waals surface area contributed by atoms with Crippen LogP contribution in [0.1, 0.15) is 43.5 Å². The van der Waals surface area contributed by atoms with Crippen molar-refractivity contribution < 1.29 is 28.7 Å². The van der Waals surface area contributed by atoms with Crippen molar-refractivity contribution >= 4 is 29.8 Å². The summed E-state index contributed by atoms with van der Waals surface area (Å²) in [6, 6.07) is 24.2. The molecule has 5 rings (SSSR count). The van der Waals surface area contributed by atoms with Crippen LogP contribution in [0.15, 0.2) is 97.1 Å². The van der Waals surface area contributed by atoms with Crippen molar-refractivity contribution in [3.63, 3.8) is 0 Å². The number of benzene rings is 3. The molecular formula is C34H34N2O6. The van der Waals surface area contributed by atoms with E-state index in [-0.39, 0.29) is 13.2 Å². The molecule has 2 fully saturated rings. The van der Waals surface area contributed by atoms with Crippen LogP contribution in [0, 0.1) is 5.41 Å². The maximum absolute atomic E-state index is 14.0. The number of amides is 2. The van der Waals surface area contributed by atoms with E-state index in [1.54, 1.807) is 26.8 Å². The molecule has 0 N–H and O–H groups in total. The van der Waals surface area contributed by atoms with E-state index in [1.807, 2.05) is 97.1 Å². The van der Waals surface area contributed by atoms with E-state index in [2.05, 4.69) is 0 Å². The van der Waals surface area contributed by atoms with Gasteiger partial charge in [0.15, 0.2) is 11.8 Å². The van der Waals surface area contributed by atoms with Crippen molar-refractivity contribution in [3.05, 3.63) is 114 Å². The molecule has 3 aromatic carbocycles. The van der Waals surface area contributed by atoms with Gasteiger partial charge in [0.2, 0.25) is 5.91 Å². The van der Waals surface area contributed by atoms with E-state index in [9.17, 15) is 19.2 Å². The first kappa shape index (κ1) is 28.8. The Balaban J connectivity index is 1.51. The van der Waals surface area contributed by atoms with Gasteiger partial charge in [0.25, 0.3) is 0 Å². The van der Waals surface area contributed by atoms with Gasteiger partial charge in [-0.05, 0) is 16.7 Å². The number of carbonyl (C=O) groups is 4. The summed E-state index contributed by atoms with van der Waals surface area (Å²) in [6.45, 7) is 5.15. The van der Waals surface area contributed by atoms with Crippen molar-refractivity contribution in [2.75, 3.05) is 6.61 Å². The smallest absolute Gasteiger partial charge is 0.411 e. The molecule has 2 aliphatic heterocycles. The van der Waals surface area contributed by atoms with Crippen LogP contribution in [0.4, 0.5) is 4.79 Å². The second kappa shape index (κ2) is 12.0. The molecule has 216 valence electrons. The van der Waals surface area contributed by atoms with Crippen LogP contribution in [0.3, 0.4) is 0 Å². The number of β-lactam (4-membered cyclic amide) rings is 1. The number of ether oxygens (including phenoxy) is 2. The number of hydrogen-bond acceptors (Lipinski definition) is 6. The lowest BCUT2D eigenvalue weighted by atomic mass is 9.81. The maximum atomic E-state index is 14.0. The zero-order valence-corrected chi connectivity index (χ0v) is 23.9. The Bertz CT molecular complexity index is 1470. The molecule has 4 atom stereocenters. The van der Waals surface area contributed by atoms with Crippen LogP contribution in [0.5, 0.6) is 0 Å². The fourth-order valence-corrected chi connectivity index (χ4v) is 5.31. The minimum absolute atomic E-state index is 0.0435. The monoisotopic (exact) mass is 566 g/mol. The normalized spacial score (nSPS) is 21.2. The third kappa shape index (κ3) is 5.84. The van der Waals surface area contributed by atoms with Crippen molar-refractivity contribution in [2.45, 2.75) is 51.5 Å². The standard InChI is InChI=1S/C34H34N2O6/c1-34(2,3)30(37)29(32(39)41-21-24-15-9-5-10-16-24)35-26(20-19-23-13-7-4-8-14-23)28(31(35)38)36-27(22-42-33(36)40)25-17-11-6-12-18-25/h4-20,26-29H,21-22H2,1-3H3/b20-19+/t26-,27-,28+,29?/m1/s1. The van der Waals surface area contributed by atoms with E-state index in [0.717, 1.165) is 16.7 Å². The lowest BCUT2D eigenvalue weighted by Gasteiger charge is -2.52. The van der Waals surface area contributed by atoms with Gasteiger partial charge in [0.1, 0.15) is 19.3 Å². The van der Waals surface area contributed by atoms with Gasteiger partial charge in [-0.2, -0.15) is 0 Å². The Morgan fingerprint density at radius 3 is 2.14 bits per heavy atom. The number of nitrogens with zero attached hydrogens (tertiary/aromatic N) is 2. The zero-order chi connectivity index (χ0) is 29.9. The van der Waals surface area contributed by atoms with Crippen LogP contribution in [0.2, 0.25) is 0 Å². The van der Waals surface area contributed by atoms with Gasteiger partial charge in [-0.25, -0.2) is 9.59 Å². The highest BCUT2D eigenvalue weighted by Gasteiger charge is 2.60. The highest BCUT2D eigenvalue weighted by atomic mass is 16.6. The molecule has 1 unspecified atom stereocenters. The molecule has 8 nitrogen and oxygen atoms in total. The number of esters is 1. The Hall–Kier alpha value is -4.72. The Labute approximate surface area is 245 Å². The molecule has 8 heteroatoms. The molecular weight excluding hydrogens is 532 g/mol. The third-order valence-electron chi connectivity index (χ3n) is 7.55. The number of rotatable bonds is 9. The van der Waals surface area contributed by atoms with Gasteiger partial charge in [0.05, 0.1) is 12.1 Å². The maximum Gasteiger partial charge on any atom is 0.411 e. The second-order valence-corrected chi connectivity index (χ2v) is 11.5. The van der Waals surface area contributed by atoms with E-state index < -0.39 is 53.3 Å². The number of cyclic esters (lactones) is 1. The van der Waals surface area contributed by atoms with Crippen molar-refractivity contribution in [2.24, 2.45) is 5.41 Å². The molecule has 0 bridgehead atoms. The van der Waals surface area contributed by atoms with Crippen molar-refractivity contribution in [1.82, 2.24) is 9.80 Å². The Morgan fingerprint density at radius 2 is 1.52 bits per heavy atom. The molecule has 0 radical (unpaired) electrons. The van der Waals surface area contributed by atoms with Crippen LogP contribution < -0.4 is 0 Å². The molecule has 2 amide bonds. The molecule has 2 heterocycles. The Morgan fingerprint density at radius 1 is 0.929 bits per heavy atom. The summed E-state index contributed by atoms with van der Waals surface area (Å²) in [7, 11) is 0. The summed E-state index contributed by atoms with van der Waals surface area (Å²) in [5.74, 6) is -1.78. The fraction of sp³-hybridized carbons (Fsp3) is 0.294. The molecule has 2 aliphatic rings. The predicted octanol–water partition coefficient (Wildman–Crippen LogP) is 5.20. The van der Waals surface area contributed by atoms with Crippen LogP contribution in [-0.2, 0) is 30.5 Å². The number of ketones is 1. The van der Waals surface area contributed by atoms with Crippen molar-refractivity contribution in [1.29, 1.82) is 0 Å². The summed E-state index contributed by atoms with van der Waals surface area (Å²) in [5.41, 5.74) is 1.50. The molecule has 3 aromatic rings. The van der Waals surface area contributed by atoms with Gasteiger partial charge in [-0.1, -0.05) is 124 Å². The zero-order valence-electron chi connectivity index (χ0n) is 23.9. The fourth-order valence-electron chi connectivity index (χ4n) is 5.31. The summed E-state index contributed by atoms with van der Waals surface area (Å²) in [4.78, 5) is 57.2. The minimum atomic E-state index is -1.49. The van der Waals surface area contributed by atoms with Crippen LogP contribution >= 0.6 is 0 Å². The highest BCUT2D eigenvalue weighted by molar-refractivity contribution is 6.10. The predicted molar refractivity (Wildman–Crippen MR) is 157 cm³/mol. The van der Waals surface area contributed by atoms with E-state index >= 15 is 0 Å². The van der Waals surface area contributed by atoms with Gasteiger partial charge >= 0.3 is 12.1 Å². The average Bonchev–Trinajstić information content (AvgIpc) is 3.37. The van der Waals surface area contributed by atoms with E-state index in [1.165, 1.54) is 9.80 Å². The summed E-state index contributed by atoms with van der Waals surface area (Å²) >= 11 is 0. The third-order valence-corrected chi connectivity index (χ3v) is 7.55. The minimum Gasteiger partial charge on any atom is -0.459 e. The second-order valence-electron chi connectivity index (χ2n) is 11.5. The van der Waals surface area contributed by atoms with E-state index in [0.29, 0.717) is 0 Å². The Kier molecular flexibility index (Phi) is 8.24. The van der Waals surface area contributed by atoms with Gasteiger partial charge in [-0.15, -0.1) is 0 Å². The summed E-state index contributed by atoms with van der Waals surface area (Å²) in [6.07, 6.45) is 2.97. The quantitative estimate of drug-likeness (QED) is 0.201. The van der Waals surface area contributed by atoms with Gasteiger partial charge in [-0.3, -0.25) is 14.5 Å². The molecule has 0 saturated carbocycles. The largest absolute Gasteiger partial charge is 0.459 e. The van der Waals surface area contributed by atoms with Gasteiger partial charge < -0.3 is 14.4 Å².